The lowest BCUT2D eigenvalue weighted by Gasteiger charge is -2.09. The number of hydrogen-bond acceptors (Lipinski definition) is 3. The number of hydrogen-bond donors (Lipinski definition) is 2. The first kappa shape index (κ1) is 22.3. The summed E-state index contributed by atoms with van der Waals surface area (Å²) in [5.74, 6) is -0.206. The first-order valence-corrected chi connectivity index (χ1v) is 11.1. The summed E-state index contributed by atoms with van der Waals surface area (Å²) in [4.78, 5) is 12.1. The molecule has 1 amide bonds. The van der Waals surface area contributed by atoms with Gasteiger partial charge in [-0.2, -0.15) is 5.10 Å². The maximum absolute atomic E-state index is 12.1. The number of halogens is 2. The van der Waals surface area contributed by atoms with Gasteiger partial charge in [-0.3, -0.25) is 4.79 Å². The molecule has 0 unspecified atom stereocenters. The number of hydrazone groups is 1. The maximum atomic E-state index is 12.1. The molecule has 2 N–H and O–H groups in total. The molecule has 0 aliphatic carbocycles. The summed E-state index contributed by atoms with van der Waals surface area (Å²) in [6.45, 7) is 8.34. The Labute approximate surface area is 193 Å². The Bertz CT molecular complexity index is 1100. The second-order valence-electron chi connectivity index (χ2n) is 7.16. The minimum Gasteiger partial charge on any atom is -0.376 e. The van der Waals surface area contributed by atoms with Gasteiger partial charge in [0.25, 0.3) is 5.91 Å². The molecular weight excluding hydrogens is 508 g/mol. The van der Waals surface area contributed by atoms with E-state index in [2.05, 4.69) is 71.3 Å². The molecule has 5 nitrogen and oxygen atoms in total. The van der Waals surface area contributed by atoms with Gasteiger partial charge < -0.3 is 9.88 Å². The van der Waals surface area contributed by atoms with Crippen molar-refractivity contribution in [1.82, 2.24) is 9.99 Å². The van der Waals surface area contributed by atoms with Gasteiger partial charge in [0.05, 0.1) is 12.8 Å². The quantitative estimate of drug-likeness (QED) is 0.312. The van der Waals surface area contributed by atoms with Gasteiger partial charge in [-0.25, -0.2) is 5.43 Å². The predicted molar refractivity (Wildman–Crippen MR) is 131 cm³/mol. The van der Waals surface area contributed by atoms with Crippen LogP contribution >= 0.6 is 31.9 Å². The van der Waals surface area contributed by atoms with Gasteiger partial charge >= 0.3 is 0 Å². The van der Waals surface area contributed by atoms with Crippen molar-refractivity contribution in [1.29, 1.82) is 0 Å². The van der Waals surface area contributed by atoms with E-state index in [0.717, 1.165) is 37.3 Å². The molecule has 0 fully saturated rings. The highest BCUT2D eigenvalue weighted by Crippen LogP contribution is 2.30. The smallest absolute Gasteiger partial charge is 0.259 e. The summed E-state index contributed by atoms with van der Waals surface area (Å²) in [5, 5.41) is 7.27. The highest BCUT2D eigenvalue weighted by molar-refractivity contribution is 9.10. The van der Waals surface area contributed by atoms with E-state index in [1.807, 2.05) is 51.1 Å². The Hall–Kier alpha value is -2.38. The Morgan fingerprint density at radius 2 is 1.70 bits per heavy atom. The summed E-state index contributed by atoms with van der Waals surface area (Å²) in [7, 11) is 0. The summed E-state index contributed by atoms with van der Waals surface area (Å²) < 4.78 is 4.14. The number of aromatic nitrogens is 1. The maximum Gasteiger partial charge on any atom is 0.259 e. The zero-order valence-corrected chi connectivity index (χ0v) is 20.6. The van der Waals surface area contributed by atoms with E-state index < -0.39 is 0 Å². The number of nitrogens with zero attached hydrogens (tertiary/aromatic N) is 2. The van der Waals surface area contributed by atoms with Crippen molar-refractivity contribution >= 4 is 49.7 Å². The molecule has 3 aromatic rings. The van der Waals surface area contributed by atoms with E-state index in [4.69, 9.17) is 0 Å². The highest BCUT2D eigenvalue weighted by atomic mass is 79.9. The number of anilines is 1. The third kappa shape index (κ3) is 5.02. The number of rotatable bonds is 6. The molecule has 2 aromatic carbocycles. The Balaban J connectivity index is 1.67. The number of carbonyl (C=O) groups is 1. The van der Waals surface area contributed by atoms with E-state index in [0.29, 0.717) is 0 Å². The molecule has 0 spiro atoms. The van der Waals surface area contributed by atoms with Crippen LogP contribution in [-0.2, 0) is 4.79 Å². The van der Waals surface area contributed by atoms with Crippen molar-refractivity contribution in [3.8, 4) is 5.69 Å². The molecule has 0 atom stereocenters. The molecule has 0 saturated carbocycles. The van der Waals surface area contributed by atoms with Crippen molar-refractivity contribution < 1.29 is 4.79 Å². The fourth-order valence-electron chi connectivity index (χ4n) is 3.19. The average Bonchev–Trinajstić information content (AvgIpc) is 2.93. The van der Waals surface area contributed by atoms with Crippen LogP contribution < -0.4 is 10.7 Å². The monoisotopic (exact) mass is 530 g/mol. The standard InChI is InChI=1S/C23H24Br2N4O/c1-14-5-8-19(11-15(14)2)26-13-22(30)28-27-12-21-16(3)29(17(4)23(21)25)20-9-6-18(24)7-10-20/h5-12,26H,13H2,1-4H3,(H,28,30)/b27-12-. The predicted octanol–water partition coefficient (Wildman–Crippen LogP) is 5.80. The molecule has 0 bridgehead atoms. The van der Waals surface area contributed by atoms with Crippen LogP contribution in [0.1, 0.15) is 28.1 Å². The third-order valence-corrected chi connectivity index (χ3v) is 6.57. The molecule has 0 aliphatic rings. The molecule has 1 heterocycles. The molecule has 1 aromatic heterocycles. The SMILES string of the molecule is Cc1ccc(NCC(=O)N/N=C\c2c(Br)c(C)n(-c3ccc(Br)cc3)c2C)cc1C. The molecular formula is C23H24Br2N4O. The van der Waals surface area contributed by atoms with Crippen LogP contribution in [0.3, 0.4) is 0 Å². The third-order valence-electron chi connectivity index (χ3n) is 5.04. The molecule has 3 rings (SSSR count). The number of aryl methyl sites for hydroxylation is 2. The molecule has 30 heavy (non-hydrogen) atoms. The van der Waals surface area contributed by atoms with Crippen molar-refractivity contribution in [3.05, 3.63) is 79.5 Å². The van der Waals surface area contributed by atoms with Gasteiger partial charge in [0.1, 0.15) is 0 Å². The minimum atomic E-state index is -0.206. The van der Waals surface area contributed by atoms with Crippen LogP contribution in [0.15, 0.2) is 56.5 Å². The Morgan fingerprint density at radius 1 is 1.00 bits per heavy atom. The van der Waals surface area contributed by atoms with E-state index in [9.17, 15) is 4.79 Å². The largest absolute Gasteiger partial charge is 0.376 e. The molecule has 0 saturated heterocycles. The second kappa shape index (κ2) is 9.62. The summed E-state index contributed by atoms with van der Waals surface area (Å²) in [5.41, 5.74) is 10.0. The fourth-order valence-corrected chi connectivity index (χ4v) is 4.02. The van der Waals surface area contributed by atoms with Gasteiger partial charge in [-0.15, -0.1) is 0 Å². The first-order chi connectivity index (χ1) is 14.3. The summed E-state index contributed by atoms with van der Waals surface area (Å²) >= 11 is 7.13. The second-order valence-corrected chi connectivity index (χ2v) is 8.86. The number of nitrogens with one attached hydrogen (secondary N) is 2. The molecule has 0 radical (unpaired) electrons. The van der Waals surface area contributed by atoms with E-state index in [-0.39, 0.29) is 12.5 Å². The van der Waals surface area contributed by atoms with Crippen LogP contribution in [-0.4, -0.2) is 23.2 Å². The Morgan fingerprint density at radius 3 is 2.37 bits per heavy atom. The number of carbonyl (C=O) groups excluding carboxylic acids is 1. The van der Waals surface area contributed by atoms with Crippen molar-refractivity contribution in [3.63, 3.8) is 0 Å². The zero-order chi connectivity index (χ0) is 21.8. The number of benzene rings is 2. The van der Waals surface area contributed by atoms with Crippen molar-refractivity contribution in [2.24, 2.45) is 5.10 Å². The van der Waals surface area contributed by atoms with E-state index in [1.165, 1.54) is 11.1 Å². The number of amides is 1. The van der Waals surface area contributed by atoms with Crippen LogP contribution in [0, 0.1) is 27.7 Å². The normalized spacial score (nSPS) is 11.1. The molecule has 0 aliphatic heterocycles. The highest BCUT2D eigenvalue weighted by Gasteiger charge is 2.15. The van der Waals surface area contributed by atoms with Gasteiger partial charge in [-0.1, -0.05) is 22.0 Å². The van der Waals surface area contributed by atoms with Crippen molar-refractivity contribution in [2.75, 3.05) is 11.9 Å². The van der Waals surface area contributed by atoms with Gasteiger partial charge in [0.15, 0.2) is 0 Å². The summed E-state index contributed by atoms with van der Waals surface area (Å²) in [6, 6.07) is 14.2. The minimum absolute atomic E-state index is 0.152. The van der Waals surface area contributed by atoms with Gasteiger partial charge in [-0.05, 0) is 91.1 Å². The zero-order valence-electron chi connectivity index (χ0n) is 17.4. The van der Waals surface area contributed by atoms with E-state index >= 15 is 0 Å². The van der Waals surface area contributed by atoms with Crippen LogP contribution in [0.4, 0.5) is 5.69 Å². The van der Waals surface area contributed by atoms with Crippen LogP contribution in [0.2, 0.25) is 0 Å². The van der Waals surface area contributed by atoms with Crippen molar-refractivity contribution in [2.45, 2.75) is 27.7 Å². The van der Waals surface area contributed by atoms with Gasteiger partial charge in [0, 0.05) is 37.3 Å². The molecule has 156 valence electrons. The fraction of sp³-hybridized carbons (Fsp3) is 0.217. The van der Waals surface area contributed by atoms with Gasteiger partial charge in [0.2, 0.25) is 0 Å². The lowest BCUT2D eigenvalue weighted by Crippen LogP contribution is -2.25. The van der Waals surface area contributed by atoms with Crippen LogP contribution in [0.5, 0.6) is 0 Å². The Kier molecular flexibility index (Phi) is 7.15. The lowest BCUT2D eigenvalue weighted by atomic mass is 10.1. The first-order valence-electron chi connectivity index (χ1n) is 9.54. The van der Waals surface area contributed by atoms with E-state index in [1.54, 1.807) is 6.21 Å². The summed E-state index contributed by atoms with van der Waals surface area (Å²) in [6.07, 6.45) is 1.68. The lowest BCUT2D eigenvalue weighted by molar-refractivity contribution is -0.119. The average molecular weight is 532 g/mol. The van der Waals surface area contributed by atoms with Crippen LogP contribution in [0.25, 0.3) is 5.69 Å². The molecule has 7 heteroatoms. The topological polar surface area (TPSA) is 58.4 Å².